The van der Waals surface area contributed by atoms with Crippen molar-refractivity contribution >= 4 is 55.3 Å². The number of nitrogens with zero attached hydrogens (tertiary/aromatic N) is 4. The van der Waals surface area contributed by atoms with Gasteiger partial charge in [-0.25, -0.2) is 9.98 Å². The minimum absolute atomic E-state index is 0.412. The Hall–Kier alpha value is -6.72. The van der Waals surface area contributed by atoms with Gasteiger partial charge in [0.1, 0.15) is 11.7 Å². The van der Waals surface area contributed by atoms with Gasteiger partial charge < -0.3 is 14.5 Å². The van der Waals surface area contributed by atoms with Gasteiger partial charge in [-0.3, -0.25) is 0 Å². The van der Waals surface area contributed by atoms with Crippen LogP contribution in [0.25, 0.3) is 55.0 Å². The molecule has 7 aromatic carbocycles. The van der Waals surface area contributed by atoms with E-state index in [0.717, 1.165) is 45.3 Å². The Labute approximate surface area is 289 Å². The van der Waals surface area contributed by atoms with Crippen LogP contribution in [0, 0.1) is 0 Å². The largest absolute Gasteiger partial charge is 0.324 e. The summed E-state index contributed by atoms with van der Waals surface area (Å²) in [6.45, 7) is 0. The Morgan fingerprint density at radius 3 is 1.42 bits per heavy atom. The van der Waals surface area contributed by atoms with Crippen LogP contribution in [0.4, 0.5) is 0 Å². The van der Waals surface area contributed by atoms with Crippen molar-refractivity contribution in [3.8, 4) is 11.4 Å². The van der Waals surface area contributed by atoms with E-state index in [0.29, 0.717) is 0 Å². The first-order valence-corrected chi connectivity index (χ1v) is 17.0. The third-order valence-electron chi connectivity index (χ3n) is 9.75. The van der Waals surface area contributed by atoms with Crippen molar-refractivity contribution in [2.24, 2.45) is 9.98 Å². The molecule has 0 amide bonds. The molecule has 0 atom stereocenters. The smallest absolute Gasteiger partial charge is 0.169 e. The van der Waals surface area contributed by atoms with Crippen LogP contribution in [-0.2, 0) is 0 Å². The first-order valence-electron chi connectivity index (χ1n) is 17.0. The quantitative estimate of drug-likeness (QED) is 0.200. The molecule has 1 N–H and O–H groups in total. The number of aliphatic imine (C=N–C) groups is 2. The number of benzene rings is 7. The standard InChI is InChI=1S/C45H31N5/c1-4-15-30(16-5-1)43-46-44(31-17-6-2-7-18-31)48-45(47-43)32-19-14-22-34(29-32)50-38-26-13-11-24-36(38)42-40(50)28-27-39-41(42)35-23-10-12-25-37(35)49(39)33-20-8-3-9-21-33/h1-29,45H,(H,46,47,48). The molecule has 0 fully saturated rings. The number of fused-ring (bicyclic) bond motifs is 7. The van der Waals surface area contributed by atoms with E-state index >= 15 is 0 Å². The summed E-state index contributed by atoms with van der Waals surface area (Å²) >= 11 is 0. The topological polar surface area (TPSA) is 46.6 Å². The van der Waals surface area contributed by atoms with Crippen LogP contribution in [-0.4, -0.2) is 20.8 Å². The summed E-state index contributed by atoms with van der Waals surface area (Å²) < 4.78 is 4.78. The molecule has 1 aliphatic rings. The van der Waals surface area contributed by atoms with E-state index in [1.54, 1.807) is 0 Å². The lowest BCUT2D eigenvalue weighted by atomic mass is 10.1. The molecule has 2 aromatic heterocycles. The monoisotopic (exact) mass is 641 g/mol. The van der Waals surface area contributed by atoms with Crippen LogP contribution in [0.1, 0.15) is 22.9 Å². The Kier molecular flexibility index (Phi) is 6.49. The summed E-state index contributed by atoms with van der Waals surface area (Å²) in [5, 5.41) is 8.50. The van der Waals surface area contributed by atoms with Gasteiger partial charge in [0.2, 0.25) is 0 Å². The fourth-order valence-corrected chi connectivity index (χ4v) is 7.56. The van der Waals surface area contributed by atoms with E-state index in [2.05, 4.69) is 154 Å². The van der Waals surface area contributed by atoms with Gasteiger partial charge in [-0.2, -0.15) is 0 Å². The highest BCUT2D eigenvalue weighted by Gasteiger charge is 2.23. The third kappa shape index (κ3) is 4.48. The molecule has 0 unspecified atom stereocenters. The first-order chi connectivity index (χ1) is 24.8. The molecular weight excluding hydrogens is 611 g/mol. The molecule has 0 aliphatic carbocycles. The molecule has 50 heavy (non-hydrogen) atoms. The maximum absolute atomic E-state index is 5.16. The molecule has 0 radical (unpaired) electrons. The van der Waals surface area contributed by atoms with Gasteiger partial charge in [0.25, 0.3) is 0 Å². The molecule has 1 aliphatic heterocycles. The molecule has 0 spiro atoms. The van der Waals surface area contributed by atoms with E-state index in [4.69, 9.17) is 9.98 Å². The third-order valence-corrected chi connectivity index (χ3v) is 9.75. The lowest BCUT2D eigenvalue weighted by Gasteiger charge is -2.22. The van der Waals surface area contributed by atoms with Crippen molar-refractivity contribution in [3.05, 3.63) is 193 Å². The predicted molar refractivity (Wildman–Crippen MR) is 207 cm³/mol. The fourth-order valence-electron chi connectivity index (χ4n) is 7.56. The van der Waals surface area contributed by atoms with Gasteiger partial charge in [0, 0.05) is 49.6 Å². The number of amidine groups is 2. The molecule has 236 valence electrons. The molecule has 10 rings (SSSR count). The van der Waals surface area contributed by atoms with Crippen molar-refractivity contribution < 1.29 is 0 Å². The lowest BCUT2D eigenvalue weighted by Crippen LogP contribution is -2.36. The Balaban J connectivity index is 1.19. The maximum atomic E-state index is 5.16. The second-order valence-corrected chi connectivity index (χ2v) is 12.7. The van der Waals surface area contributed by atoms with Crippen molar-refractivity contribution in [1.29, 1.82) is 0 Å². The zero-order valence-electron chi connectivity index (χ0n) is 27.1. The highest BCUT2D eigenvalue weighted by Crippen LogP contribution is 2.42. The molecule has 9 aromatic rings. The summed E-state index contributed by atoms with van der Waals surface area (Å²) in [6, 6.07) is 62.0. The number of nitrogens with one attached hydrogen (secondary N) is 1. The van der Waals surface area contributed by atoms with E-state index in [1.807, 2.05) is 36.4 Å². The Morgan fingerprint density at radius 2 is 0.860 bits per heavy atom. The highest BCUT2D eigenvalue weighted by atomic mass is 15.2. The molecule has 5 nitrogen and oxygen atoms in total. The molecule has 0 bridgehead atoms. The predicted octanol–water partition coefficient (Wildman–Crippen LogP) is 10.4. The van der Waals surface area contributed by atoms with Gasteiger partial charge in [-0.1, -0.05) is 127 Å². The van der Waals surface area contributed by atoms with Gasteiger partial charge in [0.05, 0.1) is 22.1 Å². The Bertz CT molecular complexity index is 2720. The maximum Gasteiger partial charge on any atom is 0.169 e. The highest BCUT2D eigenvalue weighted by molar-refractivity contribution is 6.29. The van der Waals surface area contributed by atoms with Crippen LogP contribution >= 0.6 is 0 Å². The van der Waals surface area contributed by atoms with Crippen molar-refractivity contribution in [3.63, 3.8) is 0 Å². The molecule has 5 heteroatoms. The molecule has 0 saturated heterocycles. The number of hydrogen-bond acceptors (Lipinski definition) is 3. The van der Waals surface area contributed by atoms with E-state index in [1.165, 1.54) is 38.1 Å². The second-order valence-electron chi connectivity index (χ2n) is 12.7. The number of aromatic nitrogens is 2. The average molecular weight is 642 g/mol. The zero-order valence-corrected chi connectivity index (χ0v) is 27.1. The minimum Gasteiger partial charge on any atom is -0.324 e. The number of hydrogen-bond donors (Lipinski definition) is 1. The summed E-state index contributed by atoms with van der Waals surface area (Å²) in [5.41, 5.74) is 10.0. The van der Waals surface area contributed by atoms with E-state index < -0.39 is 6.17 Å². The van der Waals surface area contributed by atoms with Crippen LogP contribution in [0.15, 0.2) is 186 Å². The summed E-state index contributed by atoms with van der Waals surface area (Å²) in [6.07, 6.45) is -0.412. The van der Waals surface area contributed by atoms with Gasteiger partial charge in [-0.05, 0) is 48.5 Å². The lowest BCUT2D eigenvalue weighted by molar-refractivity contribution is 0.755. The second kappa shape index (κ2) is 11.5. The summed E-state index contributed by atoms with van der Waals surface area (Å²) in [7, 11) is 0. The zero-order chi connectivity index (χ0) is 33.0. The minimum atomic E-state index is -0.412. The van der Waals surface area contributed by atoms with E-state index in [-0.39, 0.29) is 0 Å². The summed E-state index contributed by atoms with van der Waals surface area (Å²) in [5.74, 6) is 1.62. The number of rotatable bonds is 5. The fraction of sp³-hybridized carbons (Fsp3) is 0.0222. The van der Waals surface area contributed by atoms with Crippen LogP contribution in [0.3, 0.4) is 0 Å². The normalized spacial score (nSPS) is 13.5. The van der Waals surface area contributed by atoms with Gasteiger partial charge in [0.15, 0.2) is 6.17 Å². The van der Waals surface area contributed by atoms with Gasteiger partial charge >= 0.3 is 0 Å². The van der Waals surface area contributed by atoms with Crippen LogP contribution in [0.2, 0.25) is 0 Å². The van der Waals surface area contributed by atoms with Crippen molar-refractivity contribution in [1.82, 2.24) is 14.5 Å². The van der Waals surface area contributed by atoms with Crippen molar-refractivity contribution in [2.45, 2.75) is 6.17 Å². The summed E-state index contributed by atoms with van der Waals surface area (Å²) in [4.78, 5) is 10.3. The first kappa shape index (κ1) is 28.3. The van der Waals surface area contributed by atoms with Crippen LogP contribution < -0.4 is 5.32 Å². The molecule has 3 heterocycles. The molecular formula is C45H31N5. The van der Waals surface area contributed by atoms with Gasteiger partial charge in [-0.15, -0.1) is 0 Å². The van der Waals surface area contributed by atoms with Crippen LogP contribution in [0.5, 0.6) is 0 Å². The average Bonchev–Trinajstić information content (AvgIpc) is 3.72. The van der Waals surface area contributed by atoms with E-state index in [9.17, 15) is 0 Å². The SMILES string of the molecule is c1ccc(C2=NC(c3cccc(-n4c5ccccc5c5c6c7ccccc7n(-c7ccccc7)c6ccc54)c3)N=C(c3ccccc3)N2)cc1. The van der Waals surface area contributed by atoms with Crippen molar-refractivity contribution in [2.75, 3.05) is 0 Å². The molecule has 0 saturated carbocycles. The number of para-hydroxylation sites is 3. The Morgan fingerprint density at radius 1 is 0.400 bits per heavy atom.